The van der Waals surface area contributed by atoms with Gasteiger partial charge in [0.1, 0.15) is 11.8 Å². The smallest absolute Gasteiger partial charge is 0.338 e. The van der Waals surface area contributed by atoms with E-state index in [0.29, 0.717) is 17.1 Å². The lowest BCUT2D eigenvalue weighted by Crippen LogP contribution is -1.97. The molecule has 9 heteroatoms. The van der Waals surface area contributed by atoms with Gasteiger partial charge < -0.3 is 10.1 Å². The third kappa shape index (κ3) is 1.59. The summed E-state index contributed by atoms with van der Waals surface area (Å²) < 4.78 is 1.29. The zero-order chi connectivity index (χ0) is 12.7. The maximum Gasteiger partial charge on any atom is 0.338 e. The molecule has 0 aliphatic heterocycles. The summed E-state index contributed by atoms with van der Waals surface area (Å²) in [5.41, 5.74) is 0.923. The van der Waals surface area contributed by atoms with Crippen molar-refractivity contribution in [2.75, 3.05) is 0 Å². The molecule has 0 unspecified atom stereocenters. The van der Waals surface area contributed by atoms with Crippen LogP contribution < -0.4 is 0 Å². The zero-order valence-electron chi connectivity index (χ0n) is 8.70. The molecule has 18 heavy (non-hydrogen) atoms. The fraction of sp³-hybridized carbons (Fsp3) is 0. The van der Waals surface area contributed by atoms with Crippen LogP contribution in [0, 0.1) is 0 Å². The van der Waals surface area contributed by atoms with Gasteiger partial charge in [-0.25, -0.2) is 19.4 Å². The summed E-state index contributed by atoms with van der Waals surface area (Å²) in [5, 5.41) is 12.9. The molecule has 8 nitrogen and oxygen atoms in total. The number of H-pyrrole nitrogens is 1. The fourth-order valence-corrected chi connectivity index (χ4v) is 1.62. The summed E-state index contributed by atoms with van der Waals surface area (Å²) in [4.78, 5) is 25.5. The Bertz CT molecular complexity index is 748. The molecule has 3 aromatic rings. The number of carboxylic acids is 1. The van der Waals surface area contributed by atoms with E-state index < -0.39 is 5.97 Å². The highest BCUT2D eigenvalue weighted by Crippen LogP contribution is 2.17. The van der Waals surface area contributed by atoms with Crippen LogP contribution in [0.15, 0.2) is 18.7 Å². The van der Waals surface area contributed by atoms with E-state index in [-0.39, 0.29) is 10.7 Å². The van der Waals surface area contributed by atoms with Gasteiger partial charge in [-0.3, -0.25) is 0 Å². The molecule has 0 aliphatic carbocycles. The van der Waals surface area contributed by atoms with Gasteiger partial charge in [-0.05, 0) is 0 Å². The molecule has 0 saturated heterocycles. The van der Waals surface area contributed by atoms with Crippen LogP contribution in [-0.2, 0) is 0 Å². The van der Waals surface area contributed by atoms with E-state index in [1.54, 1.807) is 0 Å². The highest BCUT2D eigenvalue weighted by Gasteiger charge is 2.12. The number of nitrogens with zero attached hydrogens (tertiary/aromatic N) is 5. The Hall–Kier alpha value is -2.48. The summed E-state index contributed by atoms with van der Waals surface area (Å²) in [6.45, 7) is 0. The molecule has 90 valence electrons. The Balaban J connectivity index is 2.13. The zero-order valence-corrected chi connectivity index (χ0v) is 9.46. The van der Waals surface area contributed by atoms with Gasteiger partial charge >= 0.3 is 5.97 Å². The number of fused-ring (bicyclic) bond motifs is 1. The number of carboxylic acid groups (broad SMARTS) is 1. The van der Waals surface area contributed by atoms with Gasteiger partial charge in [0.25, 0.3) is 0 Å². The molecule has 2 N–H and O–H groups in total. The van der Waals surface area contributed by atoms with Crippen LogP contribution in [0.4, 0.5) is 0 Å². The predicted molar refractivity (Wildman–Crippen MR) is 60.8 cm³/mol. The molecule has 0 spiro atoms. The van der Waals surface area contributed by atoms with Crippen molar-refractivity contribution in [3.05, 3.63) is 29.4 Å². The maximum atomic E-state index is 10.7. The number of aromatic nitrogens is 6. The number of imidazole rings is 1. The first-order valence-electron chi connectivity index (χ1n) is 4.79. The molecule has 3 rings (SSSR count). The van der Waals surface area contributed by atoms with Gasteiger partial charge in [-0.1, -0.05) is 11.6 Å². The number of aromatic amines is 1. The lowest BCUT2D eigenvalue weighted by Gasteiger charge is -1.92. The molecule has 0 bridgehead atoms. The highest BCUT2D eigenvalue weighted by atomic mass is 35.5. The van der Waals surface area contributed by atoms with Gasteiger partial charge in [0.05, 0.1) is 11.8 Å². The van der Waals surface area contributed by atoms with E-state index in [1.165, 1.54) is 23.4 Å². The number of carbonyl (C=O) groups is 1. The molecule has 0 aromatic carbocycles. The van der Waals surface area contributed by atoms with Crippen molar-refractivity contribution in [3.63, 3.8) is 0 Å². The Morgan fingerprint density at radius 1 is 1.44 bits per heavy atom. The first kappa shape index (κ1) is 10.7. The summed E-state index contributed by atoms with van der Waals surface area (Å²) in [6, 6.07) is 0. The van der Waals surface area contributed by atoms with Gasteiger partial charge in [0, 0.05) is 6.20 Å². The lowest BCUT2D eigenvalue weighted by atomic mass is 10.4. The Kier molecular flexibility index (Phi) is 2.23. The van der Waals surface area contributed by atoms with E-state index in [9.17, 15) is 4.79 Å². The van der Waals surface area contributed by atoms with Crippen LogP contribution in [0.25, 0.3) is 17.1 Å². The van der Waals surface area contributed by atoms with Gasteiger partial charge in [-0.15, -0.1) is 0 Å². The van der Waals surface area contributed by atoms with Gasteiger partial charge in [-0.2, -0.15) is 10.1 Å². The average Bonchev–Trinajstić information content (AvgIpc) is 2.95. The lowest BCUT2D eigenvalue weighted by molar-refractivity contribution is 0.0697. The second-order valence-electron chi connectivity index (χ2n) is 3.40. The molecule has 0 radical (unpaired) electrons. The fourth-order valence-electron chi connectivity index (χ4n) is 1.45. The second-order valence-corrected chi connectivity index (χ2v) is 3.76. The molecule has 0 fully saturated rings. The third-order valence-electron chi connectivity index (χ3n) is 2.28. The van der Waals surface area contributed by atoms with Crippen LogP contribution in [0.5, 0.6) is 0 Å². The Morgan fingerprint density at radius 3 is 2.94 bits per heavy atom. The van der Waals surface area contributed by atoms with E-state index >= 15 is 0 Å². The SMILES string of the molecule is O=C(O)c1cnn(-c2nc3ncnc(Cl)c3[nH]2)c1. The minimum absolute atomic E-state index is 0.0626. The number of hydrogen-bond donors (Lipinski definition) is 2. The molecule has 0 saturated carbocycles. The summed E-state index contributed by atoms with van der Waals surface area (Å²) in [5.74, 6) is -0.741. The topological polar surface area (TPSA) is 110 Å². The van der Waals surface area contributed by atoms with Crippen molar-refractivity contribution in [1.29, 1.82) is 0 Å². The predicted octanol–water partition coefficient (Wildman–Crippen LogP) is 0.890. The number of rotatable bonds is 2. The Labute approximate surface area is 104 Å². The van der Waals surface area contributed by atoms with E-state index in [0.717, 1.165) is 0 Å². The van der Waals surface area contributed by atoms with E-state index in [2.05, 4.69) is 25.0 Å². The minimum atomic E-state index is -1.06. The quantitative estimate of drug-likeness (QED) is 0.665. The van der Waals surface area contributed by atoms with Gasteiger partial charge in [0.2, 0.25) is 5.95 Å². The van der Waals surface area contributed by atoms with Crippen LogP contribution >= 0.6 is 11.6 Å². The maximum absolute atomic E-state index is 10.7. The second kappa shape index (κ2) is 3.77. The van der Waals surface area contributed by atoms with E-state index in [4.69, 9.17) is 16.7 Å². The van der Waals surface area contributed by atoms with Crippen LogP contribution in [-0.4, -0.2) is 40.8 Å². The molecule has 0 amide bonds. The number of halogens is 1. The normalized spacial score (nSPS) is 10.9. The van der Waals surface area contributed by atoms with Crippen molar-refractivity contribution in [3.8, 4) is 5.95 Å². The first-order chi connectivity index (χ1) is 8.65. The van der Waals surface area contributed by atoms with Crippen LogP contribution in [0.2, 0.25) is 5.15 Å². The number of nitrogens with one attached hydrogen (secondary N) is 1. The minimum Gasteiger partial charge on any atom is -0.478 e. The van der Waals surface area contributed by atoms with Crippen LogP contribution in [0.3, 0.4) is 0 Å². The third-order valence-corrected chi connectivity index (χ3v) is 2.56. The molecular formula is C9H5ClN6O2. The van der Waals surface area contributed by atoms with Crippen molar-refractivity contribution < 1.29 is 9.90 Å². The van der Waals surface area contributed by atoms with Crippen LogP contribution in [0.1, 0.15) is 10.4 Å². The molecular weight excluding hydrogens is 260 g/mol. The molecule has 0 atom stereocenters. The van der Waals surface area contributed by atoms with Crippen molar-refractivity contribution in [2.45, 2.75) is 0 Å². The Morgan fingerprint density at radius 2 is 2.28 bits per heavy atom. The largest absolute Gasteiger partial charge is 0.478 e. The molecule has 0 aliphatic rings. The summed E-state index contributed by atoms with van der Waals surface area (Å²) in [6.07, 6.45) is 3.85. The van der Waals surface area contributed by atoms with Crippen molar-refractivity contribution in [1.82, 2.24) is 29.7 Å². The van der Waals surface area contributed by atoms with Crippen molar-refractivity contribution in [2.24, 2.45) is 0 Å². The molecule has 3 aromatic heterocycles. The highest BCUT2D eigenvalue weighted by molar-refractivity contribution is 6.33. The molecule has 3 heterocycles. The number of aromatic carboxylic acids is 1. The monoisotopic (exact) mass is 264 g/mol. The average molecular weight is 265 g/mol. The summed E-state index contributed by atoms with van der Waals surface area (Å²) >= 11 is 5.87. The van der Waals surface area contributed by atoms with E-state index in [1.807, 2.05) is 0 Å². The summed E-state index contributed by atoms with van der Waals surface area (Å²) in [7, 11) is 0. The standard InChI is InChI=1S/C9H5ClN6O2/c10-6-5-7(12-3-11-6)15-9(14-5)16-2-4(1-13-16)8(17)18/h1-3H,(H,17,18)(H,11,12,14,15). The number of hydrogen-bond acceptors (Lipinski definition) is 5. The van der Waals surface area contributed by atoms with Gasteiger partial charge in [0.15, 0.2) is 10.8 Å². The first-order valence-corrected chi connectivity index (χ1v) is 5.17. The van der Waals surface area contributed by atoms with Crippen molar-refractivity contribution >= 4 is 28.7 Å².